The number of rotatable bonds is 3. The van der Waals surface area contributed by atoms with Gasteiger partial charge in [0.05, 0.1) is 0 Å². The van der Waals surface area contributed by atoms with E-state index in [1.54, 1.807) is 14.1 Å². The first-order chi connectivity index (χ1) is 8.92. The Morgan fingerprint density at radius 1 is 1.35 bits per heavy atom. The van der Waals surface area contributed by atoms with Gasteiger partial charge in [-0.3, -0.25) is 0 Å². The molecule has 0 saturated heterocycles. The standard InChI is InChI=1S/C11H20N4O3S2/c1-11(2,3)8-12-9(19-7-20(6,17)18)15(13-8)10(16)14(4)5/h7H2,1-6H3. The van der Waals surface area contributed by atoms with Crippen LogP contribution in [0.4, 0.5) is 4.79 Å². The van der Waals surface area contributed by atoms with Crippen molar-refractivity contribution in [3.8, 4) is 0 Å². The summed E-state index contributed by atoms with van der Waals surface area (Å²) in [6, 6.07) is -0.357. The lowest BCUT2D eigenvalue weighted by Crippen LogP contribution is -2.29. The Hall–Kier alpha value is -1.09. The number of sulfone groups is 1. The van der Waals surface area contributed by atoms with Crippen LogP contribution in [-0.4, -0.2) is 59.5 Å². The normalized spacial score (nSPS) is 12.5. The minimum Gasteiger partial charge on any atom is -0.329 e. The van der Waals surface area contributed by atoms with E-state index < -0.39 is 9.84 Å². The zero-order valence-corrected chi connectivity index (χ0v) is 14.2. The molecular weight excluding hydrogens is 300 g/mol. The van der Waals surface area contributed by atoms with E-state index in [2.05, 4.69) is 10.1 Å². The van der Waals surface area contributed by atoms with Crippen molar-refractivity contribution in [2.24, 2.45) is 0 Å². The van der Waals surface area contributed by atoms with Gasteiger partial charge in [0, 0.05) is 25.8 Å². The van der Waals surface area contributed by atoms with Crippen LogP contribution in [0.2, 0.25) is 0 Å². The van der Waals surface area contributed by atoms with Crippen LogP contribution in [0, 0.1) is 0 Å². The lowest BCUT2D eigenvalue weighted by atomic mass is 9.96. The highest BCUT2D eigenvalue weighted by molar-refractivity contribution is 8.12. The first-order valence-electron chi connectivity index (χ1n) is 5.91. The molecule has 0 unspecified atom stereocenters. The van der Waals surface area contributed by atoms with Crippen LogP contribution >= 0.6 is 11.8 Å². The van der Waals surface area contributed by atoms with E-state index in [0.717, 1.165) is 22.7 Å². The number of hydrogen-bond donors (Lipinski definition) is 0. The molecule has 1 rings (SSSR count). The van der Waals surface area contributed by atoms with E-state index in [4.69, 9.17) is 0 Å². The predicted molar refractivity (Wildman–Crippen MR) is 78.8 cm³/mol. The lowest BCUT2D eigenvalue weighted by molar-refractivity contribution is 0.213. The molecule has 9 heteroatoms. The maximum Gasteiger partial charge on any atom is 0.346 e. The molecule has 1 aromatic rings. The molecule has 0 aliphatic carbocycles. The van der Waals surface area contributed by atoms with E-state index in [0.29, 0.717) is 11.0 Å². The summed E-state index contributed by atoms with van der Waals surface area (Å²) < 4.78 is 23.6. The van der Waals surface area contributed by atoms with E-state index in [1.165, 1.54) is 4.90 Å². The number of aromatic nitrogens is 3. The van der Waals surface area contributed by atoms with Gasteiger partial charge in [-0.1, -0.05) is 32.5 Å². The average Bonchev–Trinajstić information content (AvgIpc) is 2.67. The first-order valence-corrected chi connectivity index (χ1v) is 8.96. The van der Waals surface area contributed by atoms with Gasteiger partial charge in [0.25, 0.3) is 0 Å². The highest BCUT2D eigenvalue weighted by Crippen LogP contribution is 2.24. The van der Waals surface area contributed by atoms with Crippen molar-refractivity contribution in [1.82, 2.24) is 19.7 Å². The topological polar surface area (TPSA) is 85.2 Å². The van der Waals surface area contributed by atoms with E-state index in [9.17, 15) is 13.2 Å². The van der Waals surface area contributed by atoms with Crippen molar-refractivity contribution in [2.75, 3.05) is 25.4 Å². The van der Waals surface area contributed by atoms with Gasteiger partial charge in [0.1, 0.15) is 5.08 Å². The number of carbonyl (C=O) groups excluding carboxylic acids is 1. The molecule has 0 fully saturated rings. The van der Waals surface area contributed by atoms with Gasteiger partial charge >= 0.3 is 6.03 Å². The van der Waals surface area contributed by atoms with E-state index >= 15 is 0 Å². The SMILES string of the molecule is CN(C)C(=O)n1nc(C(C)(C)C)nc1SCS(C)(=O)=O. The average molecular weight is 320 g/mol. The number of nitrogens with zero attached hydrogens (tertiary/aromatic N) is 4. The number of carbonyl (C=O) groups is 1. The Balaban J connectivity index is 3.19. The van der Waals surface area contributed by atoms with Gasteiger partial charge in [0.15, 0.2) is 20.8 Å². The third-order valence-corrected chi connectivity index (χ3v) is 4.92. The van der Waals surface area contributed by atoms with E-state index in [1.807, 2.05) is 20.8 Å². The number of hydrogen-bond acceptors (Lipinski definition) is 6. The van der Waals surface area contributed by atoms with Gasteiger partial charge in [-0.2, -0.15) is 4.68 Å². The fraction of sp³-hybridized carbons (Fsp3) is 0.727. The zero-order chi connectivity index (χ0) is 15.7. The Bertz CT molecular complexity index is 600. The van der Waals surface area contributed by atoms with Crippen LogP contribution in [0.25, 0.3) is 0 Å². The molecule has 1 amide bonds. The van der Waals surface area contributed by atoms with Crippen molar-refractivity contribution >= 4 is 27.6 Å². The van der Waals surface area contributed by atoms with E-state index in [-0.39, 0.29) is 16.5 Å². The fourth-order valence-electron chi connectivity index (χ4n) is 1.18. The molecule has 1 aromatic heterocycles. The zero-order valence-electron chi connectivity index (χ0n) is 12.5. The second-order valence-corrected chi connectivity index (χ2v) is 9.19. The summed E-state index contributed by atoms with van der Waals surface area (Å²) in [7, 11) is 0.0516. The molecule has 0 spiro atoms. The van der Waals surface area contributed by atoms with Crippen molar-refractivity contribution in [3.05, 3.63) is 5.82 Å². The molecule has 0 saturated carbocycles. The molecule has 0 N–H and O–H groups in total. The summed E-state index contributed by atoms with van der Waals surface area (Å²) in [5.41, 5.74) is -0.321. The van der Waals surface area contributed by atoms with Gasteiger partial charge in [-0.15, -0.1) is 5.10 Å². The van der Waals surface area contributed by atoms with Crippen LogP contribution in [0.15, 0.2) is 5.16 Å². The summed E-state index contributed by atoms with van der Waals surface area (Å²) >= 11 is 0.991. The van der Waals surface area contributed by atoms with Crippen molar-refractivity contribution in [3.63, 3.8) is 0 Å². The fourth-order valence-corrected chi connectivity index (χ4v) is 2.85. The lowest BCUT2D eigenvalue weighted by Gasteiger charge is -2.13. The maximum absolute atomic E-state index is 12.1. The summed E-state index contributed by atoms with van der Waals surface area (Å²) in [5, 5.41) is 4.35. The molecule has 0 bridgehead atoms. The van der Waals surface area contributed by atoms with Gasteiger partial charge in [-0.25, -0.2) is 18.2 Å². The van der Waals surface area contributed by atoms with Crippen molar-refractivity contribution in [2.45, 2.75) is 31.3 Å². The summed E-state index contributed by atoms with van der Waals surface area (Å²) in [6.07, 6.45) is 1.14. The second-order valence-electron chi connectivity index (χ2n) is 5.74. The second kappa shape index (κ2) is 5.72. The first kappa shape index (κ1) is 17.0. The number of thioether (sulfide) groups is 1. The summed E-state index contributed by atoms with van der Waals surface area (Å²) in [5.74, 6) is 0.503. The van der Waals surface area contributed by atoms with Gasteiger partial charge in [-0.05, 0) is 0 Å². The predicted octanol–water partition coefficient (Wildman–Crippen LogP) is 1.20. The summed E-state index contributed by atoms with van der Waals surface area (Å²) in [6.45, 7) is 5.79. The Morgan fingerprint density at radius 2 is 1.90 bits per heavy atom. The molecule has 0 aliphatic rings. The monoisotopic (exact) mass is 320 g/mol. The highest BCUT2D eigenvalue weighted by atomic mass is 32.3. The van der Waals surface area contributed by atoms with Crippen LogP contribution in [-0.2, 0) is 15.3 Å². The Labute approximate surface area is 123 Å². The molecule has 20 heavy (non-hydrogen) atoms. The minimum atomic E-state index is -3.15. The van der Waals surface area contributed by atoms with Gasteiger partial charge in [0.2, 0.25) is 0 Å². The van der Waals surface area contributed by atoms with Gasteiger partial charge < -0.3 is 4.90 Å². The molecule has 7 nitrogen and oxygen atoms in total. The molecule has 0 radical (unpaired) electrons. The third kappa shape index (κ3) is 4.48. The van der Waals surface area contributed by atoms with Crippen LogP contribution in [0.1, 0.15) is 26.6 Å². The molecular formula is C11H20N4O3S2. The summed E-state index contributed by atoms with van der Waals surface area (Å²) in [4.78, 5) is 17.7. The highest BCUT2D eigenvalue weighted by Gasteiger charge is 2.25. The Kier molecular flexibility index (Phi) is 4.86. The third-order valence-electron chi connectivity index (χ3n) is 2.21. The largest absolute Gasteiger partial charge is 0.346 e. The molecule has 1 heterocycles. The van der Waals surface area contributed by atoms with Crippen molar-refractivity contribution in [1.29, 1.82) is 0 Å². The number of amides is 1. The maximum atomic E-state index is 12.1. The van der Waals surface area contributed by atoms with Crippen molar-refractivity contribution < 1.29 is 13.2 Å². The molecule has 114 valence electrons. The van der Waals surface area contributed by atoms with Crippen LogP contribution in [0.3, 0.4) is 0 Å². The minimum absolute atomic E-state index is 0.143. The van der Waals surface area contributed by atoms with Crippen LogP contribution < -0.4 is 0 Å². The quantitative estimate of drug-likeness (QED) is 0.778. The molecule has 0 atom stereocenters. The Morgan fingerprint density at radius 3 is 2.30 bits per heavy atom. The smallest absolute Gasteiger partial charge is 0.329 e. The van der Waals surface area contributed by atoms with Crippen LogP contribution in [0.5, 0.6) is 0 Å². The molecule has 0 aromatic carbocycles. The molecule has 0 aliphatic heterocycles.